The van der Waals surface area contributed by atoms with Gasteiger partial charge in [-0.05, 0) is 24.3 Å². The lowest BCUT2D eigenvalue weighted by Gasteiger charge is -2.20. The van der Waals surface area contributed by atoms with Crippen LogP contribution in [-0.2, 0) is 0 Å². The minimum Gasteiger partial charge on any atom is -0.271 e. The first kappa shape index (κ1) is 14.8. The summed E-state index contributed by atoms with van der Waals surface area (Å²) >= 11 is 15.3. The molecule has 0 aliphatic heterocycles. The minimum atomic E-state index is -0.569. The third-order valence-electron chi connectivity index (χ3n) is 2.73. The molecule has 0 aliphatic carbocycles. The van der Waals surface area contributed by atoms with Gasteiger partial charge in [0, 0.05) is 25.6 Å². The second kappa shape index (κ2) is 6.20. The van der Waals surface area contributed by atoms with Gasteiger partial charge in [-0.15, -0.1) is 0 Å². The smallest absolute Gasteiger partial charge is 0.129 e. The van der Waals surface area contributed by atoms with Crippen LogP contribution in [0.1, 0.15) is 17.2 Å². The Bertz CT molecular complexity index is 587. The van der Waals surface area contributed by atoms with Crippen LogP contribution in [0.3, 0.4) is 0 Å². The zero-order chi connectivity index (χ0) is 14.0. The molecule has 2 aromatic carbocycles. The highest BCUT2D eigenvalue weighted by Gasteiger charge is 2.21. The van der Waals surface area contributed by atoms with E-state index in [1.165, 1.54) is 6.07 Å². The van der Waals surface area contributed by atoms with Crippen molar-refractivity contribution in [2.24, 2.45) is 5.84 Å². The average molecular weight is 364 g/mol. The van der Waals surface area contributed by atoms with Crippen LogP contribution >= 0.6 is 39.1 Å². The lowest BCUT2D eigenvalue weighted by atomic mass is 9.99. The molecule has 0 radical (unpaired) electrons. The molecule has 6 heteroatoms. The van der Waals surface area contributed by atoms with E-state index in [0.29, 0.717) is 21.2 Å². The van der Waals surface area contributed by atoms with Gasteiger partial charge < -0.3 is 0 Å². The Labute approximate surface area is 128 Å². The minimum absolute atomic E-state index is 0.329. The summed E-state index contributed by atoms with van der Waals surface area (Å²) < 4.78 is 14.7. The van der Waals surface area contributed by atoms with Gasteiger partial charge in [-0.2, -0.15) is 0 Å². The standard InChI is InChI=1S/C13H10BrCl2FN2/c14-9-2-1-3-10(16)12(9)13(19-18)8-5-4-7(15)6-11(8)17/h1-6,13,19H,18H2. The van der Waals surface area contributed by atoms with Gasteiger partial charge in [0.25, 0.3) is 0 Å². The number of nitrogens with two attached hydrogens (primary N) is 1. The highest BCUT2D eigenvalue weighted by atomic mass is 79.9. The fourth-order valence-corrected chi connectivity index (χ4v) is 3.00. The van der Waals surface area contributed by atoms with Crippen LogP contribution in [0.25, 0.3) is 0 Å². The summed E-state index contributed by atoms with van der Waals surface area (Å²) in [5.41, 5.74) is 3.63. The van der Waals surface area contributed by atoms with Crippen molar-refractivity contribution >= 4 is 39.1 Å². The number of rotatable bonds is 3. The molecule has 3 N–H and O–H groups in total. The van der Waals surface area contributed by atoms with Gasteiger partial charge in [0.1, 0.15) is 5.82 Å². The lowest BCUT2D eigenvalue weighted by molar-refractivity contribution is 0.559. The molecule has 0 aliphatic rings. The van der Waals surface area contributed by atoms with Crippen LogP contribution in [0.2, 0.25) is 10.0 Å². The monoisotopic (exact) mass is 362 g/mol. The first-order valence-corrected chi connectivity index (χ1v) is 6.94. The second-order valence-electron chi connectivity index (χ2n) is 3.90. The maximum atomic E-state index is 14.0. The summed E-state index contributed by atoms with van der Waals surface area (Å²) in [6, 6.07) is 9.19. The molecule has 0 aromatic heterocycles. The SMILES string of the molecule is NNC(c1ccc(Cl)cc1F)c1c(Cl)cccc1Br. The van der Waals surface area contributed by atoms with Crippen LogP contribution in [0.5, 0.6) is 0 Å². The van der Waals surface area contributed by atoms with Crippen LogP contribution < -0.4 is 11.3 Å². The zero-order valence-corrected chi connectivity index (χ0v) is 12.7. The number of hydrazine groups is 1. The first-order valence-electron chi connectivity index (χ1n) is 5.39. The number of benzene rings is 2. The van der Waals surface area contributed by atoms with Gasteiger partial charge in [-0.3, -0.25) is 5.84 Å². The molecule has 2 nitrogen and oxygen atoms in total. The number of halogens is 4. The first-order chi connectivity index (χ1) is 9.04. The van der Waals surface area contributed by atoms with Crippen molar-refractivity contribution in [3.05, 3.63) is 67.9 Å². The van der Waals surface area contributed by atoms with Crippen molar-refractivity contribution in [3.63, 3.8) is 0 Å². The molecule has 0 saturated heterocycles. The van der Waals surface area contributed by atoms with E-state index in [2.05, 4.69) is 21.4 Å². The summed E-state index contributed by atoms with van der Waals surface area (Å²) in [6.45, 7) is 0. The normalized spacial score (nSPS) is 12.5. The maximum absolute atomic E-state index is 14.0. The molecule has 2 rings (SSSR count). The molecule has 0 fully saturated rings. The summed E-state index contributed by atoms with van der Waals surface area (Å²) in [7, 11) is 0. The molecule has 1 atom stereocenters. The topological polar surface area (TPSA) is 38.0 Å². The highest BCUT2D eigenvalue weighted by molar-refractivity contribution is 9.10. The van der Waals surface area contributed by atoms with Gasteiger partial charge in [-0.25, -0.2) is 9.82 Å². The molecule has 0 spiro atoms. The predicted molar refractivity (Wildman–Crippen MR) is 79.7 cm³/mol. The molecule has 0 amide bonds. The Hall–Kier alpha value is -0.650. The van der Waals surface area contributed by atoms with E-state index < -0.39 is 11.9 Å². The number of nitrogens with one attached hydrogen (secondary N) is 1. The largest absolute Gasteiger partial charge is 0.271 e. The maximum Gasteiger partial charge on any atom is 0.129 e. The average Bonchev–Trinajstić information content (AvgIpc) is 2.35. The fraction of sp³-hybridized carbons (Fsp3) is 0.0769. The summed E-state index contributed by atoms with van der Waals surface area (Å²) in [5.74, 6) is 5.11. The van der Waals surface area contributed by atoms with Crippen LogP contribution in [0, 0.1) is 5.82 Å². The Kier molecular flexibility index (Phi) is 4.81. The predicted octanol–water partition coefficient (Wildman–Crippen LogP) is 4.45. The number of hydrogen-bond donors (Lipinski definition) is 2. The van der Waals surface area contributed by atoms with Gasteiger partial charge in [-0.1, -0.05) is 51.3 Å². The molecular formula is C13H10BrCl2FN2. The summed E-state index contributed by atoms with van der Waals surface area (Å²) in [6.07, 6.45) is 0. The zero-order valence-electron chi connectivity index (χ0n) is 9.63. The summed E-state index contributed by atoms with van der Waals surface area (Å²) in [4.78, 5) is 0. The third kappa shape index (κ3) is 3.09. The van der Waals surface area contributed by atoms with Crippen molar-refractivity contribution in [2.45, 2.75) is 6.04 Å². The van der Waals surface area contributed by atoms with Crippen LogP contribution in [-0.4, -0.2) is 0 Å². The van der Waals surface area contributed by atoms with Gasteiger partial charge >= 0.3 is 0 Å². The van der Waals surface area contributed by atoms with Crippen molar-refractivity contribution in [1.29, 1.82) is 0 Å². The quantitative estimate of drug-likeness (QED) is 0.624. The van der Waals surface area contributed by atoms with E-state index in [1.807, 2.05) is 6.07 Å². The Morgan fingerprint density at radius 2 is 1.95 bits per heavy atom. The van der Waals surface area contributed by atoms with Gasteiger partial charge in [0.05, 0.1) is 6.04 Å². The summed E-state index contributed by atoms with van der Waals surface area (Å²) in [5, 5.41) is 0.821. The van der Waals surface area contributed by atoms with E-state index in [0.717, 1.165) is 4.47 Å². The highest BCUT2D eigenvalue weighted by Crippen LogP contribution is 2.35. The molecule has 1 unspecified atom stereocenters. The van der Waals surface area contributed by atoms with Crippen molar-refractivity contribution in [1.82, 2.24) is 5.43 Å². The fourth-order valence-electron chi connectivity index (χ4n) is 1.85. The molecule has 0 saturated carbocycles. The van der Waals surface area contributed by atoms with Crippen LogP contribution in [0.4, 0.5) is 4.39 Å². The second-order valence-corrected chi connectivity index (χ2v) is 5.60. The van der Waals surface area contributed by atoms with E-state index in [-0.39, 0.29) is 0 Å². The number of hydrogen-bond acceptors (Lipinski definition) is 2. The molecule has 19 heavy (non-hydrogen) atoms. The molecule has 0 bridgehead atoms. The molecule has 2 aromatic rings. The lowest BCUT2D eigenvalue weighted by Crippen LogP contribution is -2.30. The van der Waals surface area contributed by atoms with Crippen molar-refractivity contribution < 1.29 is 4.39 Å². The van der Waals surface area contributed by atoms with Gasteiger partial charge in [0.2, 0.25) is 0 Å². The third-order valence-corrected chi connectivity index (χ3v) is 3.98. The van der Waals surface area contributed by atoms with E-state index >= 15 is 0 Å². The van der Waals surface area contributed by atoms with Crippen LogP contribution in [0.15, 0.2) is 40.9 Å². The van der Waals surface area contributed by atoms with Crippen molar-refractivity contribution in [2.75, 3.05) is 0 Å². The van der Waals surface area contributed by atoms with Crippen molar-refractivity contribution in [3.8, 4) is 0 Å². The Morgan fingerprint density at radius 1 is 1.21 bits per heavy atom. The molecule has 100 valence electrons. The Morgan fingerprint density at radius 3 is 2.53 bits per heavy atom. The van der Waals surface area contributed by atoms with E-state index in [9.17, 15) is 4.39 Å². The van der Waals surface area contributed by atoms with Gasteiger partial charge in [0.15, 0.2) is 0 Å². The molecular weight excluding hydrogens is 354 g/mol. The molecule has 0 heterocycles. The van der Waals surface area contributed by atoms with E-state index in [1.54, 1.807) is 24.3 Å². The van der Waals surface area contributed by atoms with E-state index in [4.69, 9.17) is 29.0 Å². The Balaban J connectivity index is 2.56.